The van der Waals surface area contributed by atoms with Crippen LogP contribution in [0.5, 0.6) is 0 Å². The van der Waals surface area contributed by atoms with Crippen molar-refractivity contribution in [2.24, 2.45) is 0 Å². The number of sulfone groups is 1. The minimum absolute atomic E-state index is 0.0882. The second-order valence-corrected chi connectivity index (χ2v) is 7.94. The van der Waals surface area contributed by atoms with Crippen molar-refractivity contribution in [1.82, 2.24) is 5.32 Å². The smallest absolute Gasteiger partial charge is 0.405 e. The molecule has 0 atom stereocenters. The third-order valence-electron chi connectivity index (χ3n) is 2.97. The summed E-state index contributed by atoms with van der Waals surface area (Å²) in [5.74, 6) is -0.177. The summed E-state index contributed by atoms with van der Waals surface area (Å²) in [4.78, 5) is 10.6. The Morgan fingerprint density at radius 3 is 2.04 bits per heavy atom. The van der Waals surface area contributed by atoms with E-state index in [2.05, 4.69) is 5.32 Å². The Bertz CT molecular complexity index is 423. The zero-order valence-electron chi connectivity index (χ0n) is 14.2. The summed E-state index contributed by atoms with van der Waals surface area (Å²) in [6.07, 6.45) is -0.956. The zero-order valence-corrected chi connectivity index (χ0v) is 15.0. The lowest BCUT2D eigenvalue weighted by molar-refractivity contribution is 0.0198. The first-order valence-electron chi connectivity index (χ1n) is 7.63. The van der Waals surface area contributed by atoms with Crippen LogP contribution in [0.2, 0.25) is 0 Å². The molecule has 0 heterocycles. The van der Waals surface area contributed by atoms with Crippen LogP contribution in [-0.2, 0) is 24.0 Å². The lowest BCUT2D eigenvalue weighted by Crippen LogP contribution is -2.44. The van der Waals surface area contributed by atoms with Crippen molar-refractivity contribution in [3.05, 3.63) is 0 Å². The van der Waals surface area contributed by atoms with E-state index in [4.69, 9.17) is 19.3 Å². The summed E-state index contributed by atoms with van der Waals surface area (Å²) in [5, 5.41) is 11.0. The summed E-state index contributed by atoms with van der Waals surface area (Å²) in [6, 6.07) is 0. The first kappa shape index (κ1) is 22.1. The minimum atomic E-state index is -3.27. The van der Waals surface area contributed by atoms with Crippen LogP contribution in [0.15, 0.2) is 0 Å². The van der Waals surface area contributed by atoms with Crippen molar-refractivity contribution in [2.45, 2.75) is 32.7 Å². The standard InChI is InChI=1S/C14H29NO7S/c1-4-20-6-7-21-8-9-22-10-12-23(18,19)11-5-14(2,3)15-13(16)17/h15H,4-12H2,1-3H3,(H,16,17). The van der Waals surface area contributed by atoms with Crippen LogP contribution in [0.4, 0.5) is 4.79 Å². The molecule has 0 fully saturated rings. The first-order valence-corrected chi connectivity index (χ1v) is 9.45. The Balaban J connectivity index is 3.74. The number of ether oxygens (including phenoxy) is 3. The molecule has 0 spiro atoms. The van der Waals surface area contributed by atoms with Crippen molar-refractivity contribution < 1.29 is 32.5 Å². The Morgan fingerprint density at radius 1 is 1.00 bits per heavy atom. The van der Waals surface area contributed by atoms with E-state index in [0.29, 0.717) is 33.0 Å². The summed E-state index contributed by atoms with van der Waals surface area (Å²) in [7, 11) is -3.27. The Labute approximate surface area is 138 Å². The second kappa shape index (κ2) is 11.6. The van der Waals surface area contributed by atoms with Crippen LogP contribution in [0.25, 0.3) is 0 Å². The number of hydrogen-bond acceptors (Lipinski definition) is 6. The molecule has 0 saturated carbocycles. The number of hydrogen-bond donors (Lipinski definition) is 2. The van der Waals surface area contributed by atoms with Crippen LogP contribution in [0.1, 0.15) is 27.2 Å². The quantitative estimate of drug-likeness (QED) is 0.445. The van der Waals surface area contributed by atoms with Gasteiger partial charge in [-0.25, -0.2) is 13.2 Å². The van der Waals surface area contributed by atoms with Crippen molar-refractivity contribution in [3.8, 4) is 0 Å². The Hall–Kier alpha value is -0.900. The van der Waals surface area contributed by atoms with Crippen LogP contribution >= 0.6 is 0 Å². The Morgan fingerprint density at radius 2 is 1.52 bits per heavy atom. The highest BCUT2D eigenvalue weighted by Crippen LogP contribution is 2.10. The zero-order chi connectivity index (χ0) is 17.8. The van der Waals surface area contributed by atoms with Gasteiger partial charge in [0.1, 0.15) is 0 Å². The van der Waals surface area contributed by atoms with Crippen LogP contribution in [-0.4, -0.2) is 76.3 Å². The molecule has 8 nitrogen and oxygen atoms in total. The highest BCUT2D eigenvalue weighted by Gasteiger charge is 2.23. The average Bonchev–Trinajstić information content (AvgIpc) is 2.42. The Kier molecular flexibility index (Phi) is 11.2. The normalized spacial score (nSPS) is 12.3. The molecule has 0 bridgehead atoms. The highest BCUT2D eigenvalue weighted by molar-refractivity contribution is 7.91. The van der Waals surface area contributed by atoms with Gasteiger partial charge in [0, 0.05) is 12.1 Å². The molecule has 0 aliphatic rings. The summed E-state index contributed by atoms with van der Waals surface area (Å²) in [5.41, 5.74) is -0.784. The van der Waals surface area contributed by atoms with Gasteiger partial charge < -0.3 is 24.6 Å². The molecule has 2 N–H and O–H groups in total. The van der Waals surface area contributed by atoms with Gasteiger partial charge in [0.15, 0.2) is 9.84 Å². The number of rotatable bonds is 14. The van der Waals surface area contributed by atoms with E-state index >= 15 is 0 Å². The first-order chi connectivity index (χ1) is 10.7. The van der Waals surface area contributed by atoms with Gasteiger partial charge in [-0.05, 0) is 27.2 Å². The largest absolute Gasteiger partial charge is 0.465 e. The molecule has 0 aromatic rings. The van der Waals surface area contributed by atoms with E-state index in [-0.39, 0.29) is 24.5 Å². The number of nitrogens with one attached hydrogen (secondary N) is 1. The molecule has 0 unspecified atom stereocenters. The molecule has 0 rings (SSSR count). The van der Waals surface area contributed by atoms with Crippen molar-refractivity contribution in [2.75, 3.05) is 51.1 Å². The molecule has 23 heavy (non-hydrogen) atoms. The van der Waals surface area contributed by atoms with Gasteiger partial charge in [0.2, 0.25) is 0 Å². The van der Waals surface area contributed by atoms with Gasteiger partial charge in [-0.3, -0.25) is 0 Å². The van der Waals surface area contributed by atoms with E-state index in [1.807, 2.05) is 6.92 Å². The third kappa shape index (κ3) is 14.4. The van der Waals surface area contributed by atoms with Crippen LogP contribution < -0.4 is 5.32 Å². The van der Waals surface area contributed by atoms with Gasteiger partial charge in [-0.15, -0.1) is 0 Å². The number of carbonyl (C=O) groups is 1. The SMILES string of the molecule is CCOCCOCCOCCS(=O)(=O)CCC(C)(C)NC(=O)O. The van der Waals surface area contributed by atoms with Crippen molar-refractivity contribution in [1.29, 1.82) is 0 Å². The van der Waals surface area contributed by atoms with Crippen molar-refractivity contribution in [3.63, 3.8) is 0 Å². The lowest BCUT2D eigenvalue weighted by atomic mass is 10.0. The van der Waals surface area contributed by atoms with Crippen LogP contribution in [0, 0.1) is 0 Å². The van der Waals surface area contributed by atoms with Crippen molar-refractivity contribution >= 4 is 15.9 Å². The second-order valence-electron chi connectivity index (χ2n) is 5.64. The van der Waals surface area contributed by atoms with E-state index in [1.54, 1.807) is 13.8 Å². The van der Waals surface area contributed by atoms with E-state index in [0.717, 1.165) is 0 Å². The molecule has 0 saturated heterocycles. The fourth-order valence-corrected chi connectivity index (χ4v) is 3.03. The van der Waals surface area contributed by atoms with E-state index < -0.39 is 21.5 Å². The van der Waals surface area contributed by atoms with Gasteiger partial charge in [-0.2, -0.15) is 0 Å². The maximum atomic E-state index is 11.9. The van der Waals surface area contributed by atoms with Gasteiger partial charge >= 0.3 is 6.09 Å². The third-order valence-corrected chi connectivity index (χ3v) is 4.59. The fraction of sp³-hybridized carbons (Fsp3) is 0.929. The monoisotopic (exact) mass is 355 g/mol. The van der Waals surface area contributed by atoms with E-state index in [1.165, 1.54) is 0 Å². The maximum Gasteiger partial charge on any atom is 0.405 e. The summed E-state index contributed by atoms with van der Waals surface area (Å²) >= 11 is 0. The predicted molar refractivity (Wildman–Crippen MR) is 86.6 cm³/mol. The fourth-order valence-electron chi connectivity index (χ4n) is 1.63. The molecular weight excluding hydrogens is 326 g/mol. The molecule has 1 amide bonds. The molecule has 0 aromatic carbocycles. The molecular formula is C14H29NO7S. The molecule has 0 radical (unpaired) electrons. The van der Waals surface area contributed by atoms with E-state index in [9.17, 15) is 13.2 Å². The van der Waals surface area contributed by atoms with Crippen LogP contribution in [0.3, 0.4) is 0 Å². The summed E-state index contributed by atoms with van der Waals surface area (Å²) < 4.78 is 39.3. The average molecular weight is 355 g/mol. The van der Waals surface area contributed by atoms with Gasteiger partial charge in [-0.1, -0.05) is 0 Å². The number of carboxylic acid groups (broad SMARTS) is 1. The highest BCUT2D eigenvalue weighted by atomic mass is 32.2. The van der Waals surface area contributed by atoms with Gasteiger partial charge in [0.25, 0.3) is 0 Å². The molecule has 138 valence electrons. The maximum absolute atomic E-state index is 11.9. The molecule has 9 heteroatoms. The molecule has 0 aliphatic carbocycles. The molecule has 0 aliphatic heterocycles. The minimum Gasteiger partial charge on any atom is -0.465 e. The predicted octanol–water partition coefficient (Wildman–Crippen LogP) is 0.907. The number of amides is 1. The molecule has 0 aromatic heterocycles. The lowest BCUT2D eigenvalue weighted by Gasteiger charge is -2.24. The topological polar surface area (TPSA) is 111 Å². The van der Waals surface area contributed by atoms with Gasteiger partial charge in [0.05, 0.1) is 44.5 Å². The summed E-state index contributed by atoms with van der Waals surface area (Å²) in [6.45, 7) is 7.69.